The van der Waals surface area contributed by atoms with Gasteiger partial charge < -0.3 is 10.6 Å². The molecular formula is C16H29IN4S. The summed E-state index contributed by atoms with van der Waals surface area (Å²) in [6.07, 6.45) is 6.20. The van der Waals surface area contributed by atoms with Crippen molar-refractivity contribution >= 4 is 41.3 Å². The Morgan fingerprint density at radius 2 is 2.23 bits per heavy atom. The van der Waals surface area contributed by atoms with Gasteiger partial charge in [0.25, 0.3) is 0 Å². The first kappa shape index (κ1) is 19.7. The van der Waals surface area contributed by atoms with Crippen LogP contribution in [0.25, 0.3) is 0 Å². The van der Waals surface area contributed by atoms with Gasteiger partial charge in [-0.25, -0.2) is 9.98 Å². The van der Waals surface area contributed by atoms with E-state index in [1.165, 1.54) is 30.7 Å². The summed E-state index contributed by atoms with van der Waals surface area (Å²) in [5.74, 6) is 1.76. The zero-order valence-corrected chi connectivity index (χ0v) is 17.0. The molecule has 22 heavy (non-hydrogen) atoms. The van der Waals surface area contributed by atoms with E-state index in [9.17, 15) is 0 Å². The number of aliphatic imine (C=N–C) groups is 1. The Kier molecular flexibility index (Phi) is 9.31. The van der Waals surface area contributed by atoms with Crippen LogP contribution in [0.1, 0.15) is 57.2 Å². The third-order valence-corrected chi connectivity index (χ3v) is 4.96. The van der Waals surface area contributed by atoms with E-state index in [1.54, 1.807) is 11.3 Å². The summed E-state index contributed by atoms with van der Waals surface area (Å²) >= 11 is 1.73. The third kappa shape index (κ3) is 6.40. The molecule has 6 heteroatoms. The molecule has 2 unspecified atom stereocenters. The molecule has 0 aliphatic heterocycles. The van der Waals surface area contributed by atoms with Crippen molar-refractivity contribution in [1.82, 2.24) is 15.6 Å². The van der Waals surface area contributed by atoms with E-state index in [4.69, 9.17) is 0 Å². The largest absolute Gasteiger partial charge is 0.357 e. The fourth-order valence-corrected chi connectivity index (χ4v) is 3.56. The van der Waals surface area contributed by atoms with Crippen molar-refractivity contribution in [3.05, 3.63) is 16.1 Å². The number of nitrogens with zero attached hydrogens (tertiary/aromatic N) is 2. The molecule has 0 saturated heterocycles. The van der Waals surface area contributed by atoms with E-state index in [2.05, 4.69) is 46.8 Å². The van der Waals surface area contributed by atoms with Crippen LogP contribution in [0, 0.1) is 5.92 Å². The minimum Gasteiger partial charge on any atom is -0.357 e. The average Bonchev–Trinajstić information content (AvgIpc) is 2.93. The second-order valence-electron chi connectivity index (χ2n) is 5.89. The van der Waals surface area contributed by atoms with Crippen molar-refractivity contribution in [3.63, 3.8) is 0 Å². The van der Waals surface area contributed by atoms with Gasteiger partial charge in [0.15, 0.2) is 5.96 Å². The molecular weight excluding hydrogens is 407 g/mol. The molecule has 0 amide bonds. The highest BCUT2D eigenvalue weighted by atomic mass is 127. The normalized spacial score (nSPS) is 22.0. The van der Waals surface area contributed by atoms with Crippen molar-refractivity contribution in [3.8, 4) is 0 Å². The van der Waals surface area contributed by atoms with E-state index < -0.39 is 0 Å². The molecule has 1 fully saturated rings. The highest BCUT2D eigenvalue weighted by Gasteiger charge is 2.19. The lowest BCUT2D eigenvalue weighted by molar-refractivity contribution is 0.324. The maximum Gasteiger partial charge on any atom is 0.191 e. The molecule has 2 rings (SSSR count). The lowest BCUT2D eigenvalue weighted by Crippen LogP contribution is -2.45. The maximum absolute atomic E-state index is 4.69. The summed E-state index contributed by atoms with van der Waals surface area (Å²) in [7, 11) is 0. The molecule has 1 saturated carbocycles. The molecule has 2 N–H and O–H groups in total. The van der Waals surface area contributed by atoms with Gasteiger partial charge >= 0.3 is 0 Å². The molecule has 2 atom stereocenters. The molecule has 126 valence electrons. The van der Waals surface area contributed by atoms with E-state index in [0.29, 0.717) is 12.6 Å². The van der Waals surface area contributed by atoms with Gasteiger partial charge in [0, 0.05) is 18.0 Å². The van der Waals surface area contributed by atoms with Crippen molar-refractivity contribution in [2.75, 3.05) is 6.54 Å². The van der Waals surface area contributed by atoms with Gasteiger partial charge in [0.1, 0.15) is 0 Å². The molecule has 1 aliphatic carbocycles. The Labute approximate surface area is 155 Å². The lowest BCUT2D eigenvalue weighted by Gasteiger charge is -2.28. The van der Waals surface area contributed by atoms with Gasteiger partial charge in [0.05, 0.1) is 17.2 Å². The van der Waals surface area contributed by atoms with Gasteiger partial charge in [-0.05, 0) is 32.1 Å². The molecule has 4 nitrogen and oxygen atoms in total. The van der Waals surface area contributed by atoms with Gasteiger partial charge in [0.2, 0.25) is 0 Å². The average molecular weight is 436 g/mol. The minimum absolute atomic E-state index is 0. The molecule has 1 aromatic heterocycles. The Morgan fingerprint density at radius 1 is 1.41 bits per heavy atom. The van der Waals surface area contributed by atoms with Gasteiger partial charge in [-0.1, -0.05) is 26.7 Å². The van der Waals surface area contributed by atoms with Crippen LogP contribution in [0.4, 0.5) is 0 Å². The second kappa shape index (κ2) is 10.4. The smallest absolute Gasteiger partial charge is 0.191 e. The van der Waals surface area contributed by atoms with Crippen LogP contribution in [0.15, 0.2) is 10.4 Å². The van der Waals surface area contributed by atoms with E-state index >= 15 is 0 Å². The molecule has 1 aromatic rings. The highest BCUT2D eigenvalue weighted by Crippen LogP contribution is 2.23. The summed E-state index contributed by atoms with van der Waals surface area (Å²) < 4.78 is 0. The Hall–Kier alpha value is -0.370. The van der Waals surface area contributed by atoms with Crippen LogP contribution in [-0.4, -0.2) is 23.5 Å². The number of aromatic nitrogens is 1. The monoisotopic (exact) mass is 436 g/mol. The summed E-state index contributed by atoms with van der Waals surface area (Å²) in [4.78, 5) is 9.26. The molecule has 1 aliphatic rings. The third-order valence-electron chi connectivity index (χ3n) is 3.92. The first-order valence-electron chi connectivity index (χ1n) is 8.19. The minimum atomic E-state index is 0. The van der Waals surface area contributed by atoms with Crippen molar-refractivity contribution in [1.29, 1.82) is 0 Å². The summed E-state index contributed by atoms with van der Waals surface area (Å²) in [6, 6.07) is 0.563. The molecule has 0 spiro atoms. The van der Waals surface area contributed by atoms with E-state index in [-0.39, 0.29) is 24.0 Å². The van der Waals surface area contributed by atoms with Crippen LogP contribution in [0.2, 0.25) is 0 Å². The van der Waals surface area contributed by atoms with Crippen molar-refractivity contribution in [2.24, 2.45) is 10.9 Å². The molecule has 0 aromatic carbocycles. The van der Waals surface area contributed by atoms with Gasteiger partial charge in [-0.2, -0.15) is 0 Å². The van der Waals surface area contributed by atoms with Crippen LogP contribution in [0.3, 0.4) is 0 Å². The Bertz CT molecular complexity index is 461. The molecule has 0 radical (unpaired) electrons. The van der Waals surface area contributed by atoms with E-state index in [1.807, 2.05) is 0 Å². The SMILES string of the molecule is CCNC(=NCc1csc(CC)n1)NC1CCCC(C)C1.I. The van der Waals surface area contributed by atoms with E-state index in [0.717, 1.165) is 30.5 Å². The first-order valence-corrected chi connectivity index (χ1v) is 9.07. The summed E-state index contributed by atoms with van der Waals surface area (Å²) in [5.41, 5.74) is 1.08. The number of guanidine groups is 1. The summed E-state index contributed by atoms with van der Waals surface area (Å²) in [6.45, 7) is 8.15. The van der Waals surface area contributed by atoms with Crippen molar-refractivity contribution < 1.29 is 0 Å². The highest BCUT2D eigenvalue weighted by molar-refractivity contribution is 14.0. The predicted molar refractivity (Wildman–Crippen MR) is 106 cm³/mol. The quantitative estimate of drug-likeness (QED) is 0.418. The number of aryl methyl sites for hydroxylation is 1. The summed E-state index contributed by atoms with van der Waals surface area (Å²) in [5, 5.41) is 10.3. The van der Waals surface area contributed by atoms with Crippen LogP contribution in [0.5, 0.6) is 0 Å². The Morgan fingerprint density at radius 3 is 2.86 bits per heavy atom. The Balaban J connectivity index is 0.00000242. The van der Waals surface area contributed by atoms with Crippen molar-refractivity contribution in [2.45, 2.75) is 65.5 Å². The number of nitrogens with one attached hydrogen (secondary N) is 2. The predicted octanol–water partition coefficient (Wildman–Crippen LogP) is 3.96. The lowest BCUT2D eigenvalue weighted by atomic mass is 9.87. The zero-order chi connectivity index (χ0) is 15.1. The van der Waals surface area contributed by atoms with Gasteiger partial charge in [-0.15, -0.1) is 35.3 Å². The topological polar surface area (TPSA) is 49.3 Å². The standard InChI is InChI=1S/C16H28N4S.HI/c1-4-15-19-14(11-21-15)10-18-16(17-5-2)20-13-8-6-7-12(3)9-13;/h11-13H,4-10H2,1-3H3,(H2,17,18,20);1H. The molecule has 0 bridgehead atoms. The number of hydrogen-bond donors (Lipinski definition) is 2. The number of hydrogen-bond acceptors (Lipinski definition) is 3. The number of rotatable bonds is 5. The van der Waals surface area contributed by atoms with Crippen LogP contribution >= 0.6 is 35.3 Å². The maximum atomic E-state index is 4.69. The fourth-order valence-electron chi connectivity index (χ4n) is 2.82. The zero-order valence-electron chi connectivity index (χ0n) is 13.9. The van der Waals surface area contributed by atoms with Crippen LogP contribution in [-0.2, 0) is 13.0 Å². The number of thiazole rings is 1. The number of halogens is 1. The molecule has 1 heterocycles. The fraction of sp³-hybridized carbons (Fsp3) is 0.750. The second-order valence-corrected chi connectivity index (χ2v) is 6.84. The van der Waals surface area contributed by atoms with Gasteiger partial charge in [-0.3, -0.25) is 0 Å². The van der Waals surface area contributed by atoms with Crippen LogP contribution < -0.4 is 10.6 Å². The first-order chi connectivity index (χ1) is 10.2.